The van der Waals surface area contributed by atoms with Crippen LogP contribution in [0.3, 0.4) is 0 Å². The molecule has 0 atom stereocenters. The second-order valence-corrected chi connectivity index (χ2v) is 3.79. The van der Waals surface area contributed by atoms with E-state index >= 15 is 0 Å². The molecular weight excluding hydrogens is 230 g/mol. The molecule has 18 heavy (non-hydrogen) atoms. The monoisotopic (exact) mass is 247 g/mol. The highest BCUT2D eigenvalue weighted by atomic mass is 16.5. The summed E-state index contributed by atoms with van der Waals surface area (Å²) in [6.07, 6.45) is 0.723. The highest BCUT2D eigenvalue weighted by Crippen LogP contribution is 2.27. The zero-order valence-electron chi connectivity index (χ0n) is 10.6. The molecule has 2 aromatic rings. The van der Waals surface area contributed by atoms with E-state index in [4.69, 9.17) is 9.26 Å². The quantitative estimate of drug-likeness (QED) is 0.844. The van der Waals surface area contributed by atoms with Crippen LogP contribution in [0.1, 0.15) is 12.8 Å². The normalized spacial score (nSPS) is 10.6. The fourth-order valence-electron chi connectivity index (χ4n) is 1.63. The fourth-order valence-corrected chi connectivity index (χ4v) is 1.63. The van der Waals surface area contributed by atoms with Crippen molar-refractivity contribution >= 4 is 0 Å². The summed E-state index contributed by atoms with van der Waals surface area (Å²) in [4.78, 5) is 4.36. The molecule has 0 amide bonds. The van der Waals surface area contributed by atoms with Crippen molar-refractivity contribution in [2.24, 2.45) is 0 Å². The van der Waals surface area contributed by atoms with Gasteiger partial charge in [-0.05, 0) is 26.1 Å². The Kier molecular flexibility index (Phi) is 4.30. The lowest BCUT2D eigenvalue weighted by molar-refractivity contribution is 0.341. The van der Waals surface area contributed by atoms with Crippen LogP contribution >= 0.6 is 0 Å². The number of nitrogens with zero attached hydrogens (tertiary/aromatic N) is 2. The van der Waals surface area contributed by atoms with Gasteiger partial charge in [-0.15, -0.1) is 0 Å². The van der Waals surface area contributed by atoms with Crippen LogP contribution < -0.4 is 10.1 Å². The molecule has 5 nitrogen and oxygen atoms in total. The van der Waals surface area contributed by atoms with Gasteiger partial charge in [0.15, 0.2) is 0 Å². The Labute approximate surface area is 106 Å². The first-order valence-corrected chi connectivity index (χ1v) is 6.04. The predicted molar refractivity (Wildman–Crippen MR) is 68.5 cm³/mol. The van der Waals surface area contributed by atoms with Crippen molar-refractivity contribution in [2.45, 2.75) is 13.3 Å². The predicted octanol–water partition coefficient (Wildman–Crippen LogP) is 1.90. The fraction of sp³-hybridized carbons (Fsp3) is 0.385. The van der Waals surface area contributed by atoms with Crippen LogP contribution in [0.15, 0.2) is 28.8 Å². The van der Waals surface area contributed by atoms with E-state index in [0.29, 0.717) is 18.3 Å². The lowest BCUT2D eigenvalue weighted by Gasteiger charge is -2.05. The van der Waals surface area contributed by atoms with Crippen LogP contribution in [-0.4, -0.2) is 30.3 Å². The summed E-state index contributed by atoms with van der Waals surface area (Å²) in [5.41, 5.74) is 0.860. The van der Waals surface area contributed by atoms with Gasteiger partial charge in [0.25, 0.3) is 0 Å². The molecule has 96 valence electrons. The second-order valence-electron chi connectivity index (χ2n) is 3.79. The highest BCUT2D eigenvalue weighted by Gasteiger charge is 2.12. The first kappa shape index (κ1) is 12.6. The summed E-state index contributed by atoms with van der Waals surface area (Å²) in [7, 11) is 1.89. The average Bonchev–Trinajstić information content (AvgIpc) is 2.86. The molecule has 1 aromatic heterocycles. The second kappa shape index (κ2) is 6.16. The van der Waals surface area contributed by atoms with Gasteiger partial charge in [0.2, 0.25) is 11.7 Å². The zero-order chi connectivity index (χ0) is 12.8. The maximum absolute atomic E-state index is 5.55. The molecule has 1 aromatic carbocycles. The van der Waals surface area contributed by atoms with E-state index in [0.717, 1.165) is 24.3 Å². The highest BCUT2D eigenvalue weighted by molar-refractivity contribution is 5.63. The molecule has 0 aliphatic carbocycles. The first-order chi connectivity index (χ1) is 8.85. The van der Waals surface area contributed by atoms with Crippen LogP contribution in [0, 0.1) is 0 Å². The Bertz CT molecular complexity index is 496. The molecular formula is C13H17N3O2. The Morgan fingerprint density at radius 2 is 2.17 bits per heavy atom. The molecule has 0 radical (unpaired) electrons. The molecule has 0 aliphatic heterocycles. The van der Waals surface area contributed by atoms with E-state index in [1.807, 2.05) is 38.2 Å². The van der Waals surface area contributed by atoms with Gasteiger partial charge < -0.3 is 14.6 Å². The molecule has 0 spiro atoms. The van der Waals surface area contributed by atoms with Crippen LogP contribution in [0.25, 0.3) is 11.4 Å². The minimum Gasteiger partial charge on any atom is -0.493 e. The molecule has 0 unspecified atom stereocenters. The Morgan fingerprint density at radius 3 is 2.94 bits per heavy atom. The number of likely N-dealkylation sites (N-methyl/N-ethyl adjacent to an activating group) is 1. The Hall–Kier alpha value is -1.88. The van der Waals surface area contributed by atoms with Gasteiger partial charge in [-0.3, -0.25) is 0 Å². The van der Waals surface area contributed by atoms with E-state index in [1.165, 1.54) is 0 Å². The molecule has 0 aliphatic rings. The standard InChI is InChI=1S/C13H17N3O2/c1-3-17-11-7-5-4-6-10(11)13-15-12(18-16-13)8-9-14-2/h4-7,14H,3,8-9H2,1-2H3. The number of nitrogens with one attached hydrogen (secondary N) is 1. The third kappa shape index (κ3) is 2.87. The summed E-state index contributed by atoms with van der Waals surface area (Å²) in [5.74, 6) is 1.98. The summed E-state index contributed by atoms with van der Waals surface area (Å²) in [6.45, 7) is 3.38. The molecule has 0 fully saturated rings. The van der Waals surface area contributed by atoms with Crippen molar-refractivity contribution in [1.82, 2.24) is 15.5 Å². The summed E-state index contributed by atoms with van der Waals surface area (Å²) < 4.78 is 10.7. The Balaban J connectivity index is 2.22. The van der Waals surface area contributed by atoms with E-state index in [2.05, 4.69) is 15.5 Å². The number of hydrogen-bond acceptors (Lipinski definition) is 5. The van der Waals surface area contributed by atoms with E-state index in [9.17, 15) is 0 Å². The van der Waals surface area contributed by atoms with Gasteiger partial charge in [-0.25, -0.2) is 0 Å². The summed E-state index contributed by atoms with van der Waals surface area (Å²) in [6, 6.07) is 7.69. The maximum atomic E-state index is 5.55. The van der Waals surface area contributed by atoms with Crippen molar-refractivity contribution in [2.75, 3.05) is 20.2 Å². The lowest BCUT2D eigenvalue weighted by atomic mass is 10.2. The van der Waals surface area contributed by atoms with Gasteiger partial charge in [0, 0.05) is 13.0 Å². The number of rotatable bonds is 6. The molecule has 0 bridgehead atoms. The van der Waals surface area contributed by atoms with Crippen LogP contribution in [-0.2, 0) is 6.42 Å². The average molecular weight is 247 g/mol. The van der Waals surface area contributed by atoms with Gasteiger partial charge >= 0.3 is 0 Å². The van der Waals surface area contributed by atoms with Crippen molar-refractivity contribution in [1.29, 1.82) is 0 Å². The smallest absolute Gasteiger partial charge is 0.228 e. The van der Waals surface area contributed by atoms with Crippen molar-refractivity contribution in [3.63, 3.8) is 0 Å². The molecule has 1 heterocycles. The Morgan fingerprint density at radius 1 is 1.33 bits per heavy atom. The largest absolute Gasteiger partial charge is 0.493 e. The zero-order valence-corrected chi connectivity index (χ0v) is 10.6. The van der Waals surface area contributed by atoms with Gasteiger partial charge in [0.05, 0.1) is 12.2 Å². The molecule has 1 N–H and O–H groups in total. The topological polar surface area (TPSA) is 60.2 Å². The summed E-state index contributed by atoms with van der Waals surface area (Å²) in [5, 5.41) is 7.03. The summed E-state index contributed by atoms with van der Waals surface area (Å²) >= 11 is 0. The number of para-hydroxylation sites is 1. The number of hydrogen-bond donors (Lipinski definition) is 1. The maximum Gasteiger partial charge on any atom is 0.228 e. The lowest BCUT2D eigenvalue weighted by Crippen LogP contribution is -2.10. The van der Waals surface area contributed by atoms with Gasteiger partial charge in [-0.1, -0.05) is 17.3 Å². The molecule has 0 saturated heterocycles. The van der Waals surface area contributed by atoms with Crippen molar-refractivity contribution in [3.05, 3.63) is 30.2 Å². The minimum atomic E-state index is 0.574. The molecule has 5 heteroatoms. The van der Waals surface area contributed by atoms with Crippen LogP contribution in [0.5, 0.6) is 5.75 Å². The molecule has 2 rings (SSSR count). The first-order valence-electron chi connectivity index (χ1n) is 6.04. The van der Waals surface area contributed by atoms with Crippen LogP contribution in [0.2, 0.25) is 0 Å². The number of ether oxygens (including phenoxy) is 1. The number of benzene rings is 1. The van der Waals surface area contributed by atoms with Crippen molar-refractivity contribution in [3.8, 4) is 17.1 Å². The van der Waals surface area contributed by atoms with Crippen LogP contribution in [0.4, 0.5) is 0 Å². The van der Waals surface area contributed by atoms with E-state index < -0.39 is 0 Å². The third-order valence-electron chi connectivity index (χ3n) is 2.48. The van der Waals surface area contributed by atoms with Gasteiger partial charge in [0.1, 0.15) is 5.75 Å². The SMILES string of the molecule is CCOc1ccccc1-c1noc(CCNC)n1. The van der Waals surface area contributed by atoms with Crippen molar-refractivity contribution < 1.29 is 9.26 Å². The van der Waals surface area contributed by atoms with E-state index in [-0.39, 0.29) is 0 Å². The third-order valence-corrected chi connectivity index (χ3v) is 2.48. The van der Waals surface area contributed by atoms with Gasteiger partial charge in [-0.2, -0.15) is 4.98 Å². The minimum absolute atomic E-state index is 0.574. The molecule has 0 saturated carbocycles. The number of aromatic nitrogens is 2. The van der Waals surface area contributed by atoms with E-state index in [1.54, 1.807) is 0 Å².